The average molecular weight is 229 g/mol. The molecule has 0 aliphatic rings. The molecule has 0 heterocycles. The van der Waals surface area contributed by atoms with Gasteiger partial charge in [-0.2, -0.15) is 11.8 Å². The molecule has 0 fully saturated rings. The first-order chi connectivity index (χ1) is 7.11. The summed E-state index contributed by atoms with van der Waals surface area (Å²) in [5, 5.41) is 0. The molecule has 0 aromatic carbocycles. The normalized spacial score (nSPS) is 11.0. The molecule has 0 N–H and O–H groups in total. The second kappa shape index (κ2) is 8.41. The number of hydrogen-bond acceptors (Lipinski definition) is 3. The summed E-state index contributed by atoms with van der Waals surface area (Å²) in [4.78, 5) is 13.2. The van der Waals surface area contributed by atoms with Gasteiger partial charge in [-0.25, -0.2) is 0 Å². The number of amides is 1. The van der Waals surface area contributed by atoms with E-state index in [2.05, 4.69) is 6.58 Å². The Kier molecular flexibility index (Phi) is 7.91. The Hall–Kier alpha value is -0.900. The SMILES string of the molecule is C=C/C=C(\C)OCC(=O)N(C)CCSC. The van der Waals surface area contributed by atoms with Gasteiger partial charge < -0.3 is 9.64 Å². The summed E-state index contributed by atoms with van der Waals surface area (Å²) < 4.78 is 5.24. The molecule has 86 valence electrons. The molecule has 0 aromatic heterocycles. The molecule has 0 aliphatic carbocycles. The van der Waals surface area contributed by atoms with Crippen LogP contribution in [0.25, 0.3) is 0 Å². The second-order valence-corrected chi connectivity index (χ2v) is 4.10. The summed E-state index contributed by atoms with van der Waals surface area (Å²) in [5.74, 6) is 1.65. The average Bonchev–Trinajstić information content (AvgIpc) is 2.22. The molecule has 0 aromatic rings. The van der Waals surface area contributed by atoms with Crippen LogP contribution in [-0.4, -0.2) is 43.0 Å². The lowest BCUT2D eigenvalue weighted by Crippen LogP contribution is -2.31. The fourth-order valence-electron chi connectivity index (χ4n) is 0.853. The van der Waals surface area contributed by atoms with Crippen molar-refractivity contribution in [2.75, 3.05) is 32.2 Å². The number of likely N-dealkylation sites (N-methyl/N-ethyl adjacent to an activating group) is 1. The predicted octanol–water partition coefficient (Wildman–Crippen LogP) is 1.91. The highest BCUT2D eigenvalue weighted by atomic mass is 32.2. The van der Waals surface area contributed by atoms with Gasteiger partial charge in [0.1, 0.15) is 0 Å². The minimum absolute atomic E-state index is 0.000798. The first-order valence-corrected chi connectivity index (χ1v) is 6.16. The van der Waals surface area contributed by atoms with E-state index in [-0.39, 0.29) is 12.5 Å². The summed E-state index contributed by atoms with van der Waals surface area (Å²) in [6.07, 6.45) is 5.39. The number of hydrogen-bond donors (Lipinski definition) is 0. The van der Waals surface area contributed by atoms with Crippen molar-refractivity contribution in [3.05, 3.63) is 24.5 Å². The quantitative estimate of drug-likeness (QED) is 0.493. The lowest BCUT2D eigenvalue weighted by Gasteiger charge is -2.16. The molecule has 15 heavy (non-hydrogen) atoms. The number of nitrogens with zero attached hydrogens (tertiary/aromatic N) is 1. The summed E-state index contributed by atoms with van der Waals surface area (Å²) >= 11 is 1.72. The van der Waals surface area contributed by atoms with Crippen LogP contribution in [0.4, 0.5) is 0 Å². The minimum atomic E-state index is 0.000798. The van der Waals surface area contributed by atoms with E-state index in [1.807, 2.05) is 6.26 Å². The van der Waals surface area contributed by atoms with Crippen LogP contribution >= 0.6 is 11.8 Å². The van der Waals surface area contributed by atoms with E-state index in [0.717, 1.165) is 12.3 Å². The Morgan fingerprint density at radius 2 is 2.27 bits per heavy atom. The smallest absolute Gasteiger partial charge is 0.260 e. The second-order valence-electron chi connectivity index (χ2n) is 3.11. The minimum Gasteiger partial charge on any atom is -0.488 e. The molecule has 1 amide bonds. The van der Waals surface area contributed by atoms with Gasteiger partial charge in [-0.1, -0.05) is 12.7 Å². The van der Waals surface area contributed by atoms with Gasteiger partial charge >= 0.3 is 0 Å². The van der Waals surface area contributed by atoms with Crippen molar-refractivity contribution in [1.29, 1.82) is 0 Å². The van der Waals surface area contributed by atoms with Gasteiger partial charge in [0.2, 0.25) is 0 Å². The molecule has 0 aliphatic heterocycles. The zero-order chi connectivity index (χ0) is 11.7. The number of allylic oxidation sites excluding steroid dienone is 3. The van der Waals surface area contributed by atoms with Gasteiger partial charge in [-0.05, 0) is 19.3 Å². The van der Waals surface area contributed by atoms with E-state index in [1.165, 1.54) is 0 Å². The monoisotopic (exact) mass is 229 g/mol. The number of carbonyl (C=O) groups is 1. The third-order valence-corrected chi connectivity index (χ3v) is 2.42. The number of thioether (sulfide) groups is 1. The van der Waals surface area contributed by atoms with Crippen molar-refractivity contribution >= 4 is 17.7 Å². The van der Waals surface area contributed by atoms with Gasteiger partial charge in [-0.15, -0.1) is 0 Å². The maximum atomic E-state index is 11.5. The fourth-order valence-corrected chi connectivity index (χ4v) is 1.31. The van der Waals surface area contributed by atoms with E-state index in [4.69, 9.17) is 4.74 Å². The lowest BCUT2D eigenvalue weighted by molar-refractivity contribution is -0.133. The predicted molar refractivity (Wildman–Crippen MR) is 65.9 cm³/mol. The van der Waals surface area contributed by atoms with Crippen molar-refractivity contribution in [2.24, 2.45) is 0 Å². The molecule has 0 radical (unpaired) electrons. The van der Waals surface area contributed by atoms with Gasteiger partial charge in [0, 0.05) is 19.3 Å². The first-order valence-electron chi connectivity index (χ1n) is 4.76. The largest absolute Gasteiger partial charge is 0.488 e. The number of rotatable bonds is 7. The van der Waals surface area contributed by atoms with E-state index in [0.29, 0.717) is 5.76 Å². The van der Waals surface area contributed by atoms with Crippen LogP contribution in [0.2, 0.25) is 0 Å². The zero-order valence-corrected chi connectivity index (χ0v) is 10.5. The zero-order valence-electron chi connectivity index (χ0n) is 9.66. The lowest BCUT2D eigenvalue weighted by atomic mass is 10.4. The van der Waals surface area contributed by atoms with E-state index in [1.54, 1.807) is 42.8 Å². The van der Waals surface area contributed by atoms with E-state index >= 15 is 0 Å². The third-order valence-electron chi connectivity index (χ3n) is 1.83. The van der Waals surface area contributed by atoms with Crippen molar-refractivity contribution in [3.8, 4) is 0 Å². The molecule has 3 nitrogen and oxygen atoms in total. The van der Waals surface area contributed by atoms with Crippen LogP contribution in [0.15, 0.2) is 24.5 Å². The molecule has 0 spiro atoms. The van der Waals surface area contributed by atoms with Gasteiger partial charge in [0.25, 0.3) is 5.91 Å². The fraction of sp³-hybridized carbons (Fsp3) is 0.545. The van der Waals surface area contributed by atoms with E-state index < -0.39 is 0 Å². The van der Waals surface area contributed by atoms with Crippen molar-refractivity contribution in [3.63, 3.8) is 0 Å². The molecule has 4 heteroatoms. The molecule has 0 saturated carbocycles. The summed E-state index contributed by atoms with van der Waals surface area (Å²) in [5.41, 5.74) is 0. The molecule has 0 unspecified atom stereocenters. The van der Waals surface area contributed by atoms with Gasteiger partial charge in [-0.3, -0.25) is 4.79 Å². The van der Waals surface area contributed by atoms with Crippen LogP contribution in [0.1, 0.15) is 6.92 Å². The molecule has 0 bridgehead atoms. The summed E-state index contributed by atoms with van der Waals surface area (Å²) in [6.45, 7) is 6.21. The van der Waals surface area contributed by atoms with Crippen molar-refractivity contribution in [2.45, 2.75) is 6.92 Å². The highest BCUT2D eigenvalue weighted by molar-refractivity contribution is 7.98. The van der Waals surface area contributed by atoms with Crippen molar-refractivity contribution in [1.82, 2.24) is 4.90 Å². The molecule has 0 saturated heterocycles. The highest BCUT2D eigenvalue weighted by Gasteiger charge is 2.08. The Bertz CT molecular complexity index is 239. The summed E-state index contributed by atoms with van der Waals surface area (Å²) in [6, 6.07) is 0. The maximum absolute atomic E-state index is 11.5. The van der Waals surface area contributed by atoms with Crippen LogP contribution in [0.3, 0.4) is 0 Å². The van der Waals surface area contributed by atoms with Gasteiger partial charge in [0.05, 0.1) is 5.76 Å². The molecular formula is C11H19NO2S. The molecular weight excluding hydrogens is 210 g/mol. The van der Waals surface area contributed by atoms with Crippen LogP contribution in [0, 0.1) is 0 Å². The van der Waals surface area contributed by atoms with Crippen LogP contribution in [-0.2, 0) is 9.53 Å². The third kappa shape index (κ3) is 7.08. The highest BCUT2D eigenvalue weighted by Crippen LogP contribution is 1.98. The Morgan fingerprint density at radius 1 is 1.60 bits per heavy atom. The Balaban J connectivity index is 3.82. The molecule has 0 atom stereocenters. The van der Waals surface area contributed by atoms with Crippen LogP contribution < -0.4 is 0 Å². The van der Waals surface area contributed by atoms with E-state index in [9.17, 15) is 4.79 Å². The summed E-state index contributed by atoms with van der Waals surface area (Å²) in [7, 11) is 1.79. The Labute approximate surface area is 96.2 Å². The number of carbonyl (C=O) groups excluding carboxylic acids is 1. The maximum Gasteiger partial charge on any atom is 0.260 e. The van der Waals surface area contributed by atoms with Crippen LogP contribution in [0.5, 0.6) is 0 Å². The molecule has 0 rings (SSSR count). The van der Waals surface area contributed by atoms with Gasteiger partial charge in [0.15, 0.2) is 6.61 Å². The topological polar surface area (TPSA) is 29.5 Å². The number of ether oxygens (including phenoxy) is 1. The Morgan fingerprint density at radius 3 is 2.80 bits per heavy atom. The van der Waals surface area contributed by atoms with Crippen molar-refractivity contribution < 1.29 is 9.53 Å². The first kappa shape index (κ1) is 14.1. The standard InChI is InChI=1S/C11H19NO2S/c1-5-6-10(2)14-9-11(13)12(3)7-8-15-4/h5-6H,1,7-9H2,2-4H3/b10-6+.